The summed E-state index contributed by atoms with van der Waals surface area (Å²) >= 11 is 0. The molecule has 0 fully saturated rings. The maximum Gasteiger partial charge on any atom is 0.161 e. The van der Waals surface area contributed by atoms with Gasteiger partial charge in [-0.15, -0.1) is 0 Å². The first-order valence-corrected chi connectivity index (χ1v) is 6.42. The zero-order valence-corrected chi connectivity index (χ0v) is 12.2. The van der Waals surface area contributed by atoms with E-state index in [9.17, 15) is 4.39 Å². The van der Waals surface area contributed by atoms with Gasteiger partial charge in [-0.25, -0.2) is 4.39 Å². The summed E-state index contributed by atoms with van der Waals surface area (Å²) < 4.78 is 23.3. The molecule has 21 heavy (non-hydrogen) atoms. The van der Waals surface area contributed by atoms with E-state index in [1.54, 1.807) is 26.4 Å². The van der Waals surface area contributed by atoms with Crippen molar-refractivity contribution in [2.24, 2.45) is 5.10 Å². The number of benzene rings is 2. The Hall–Kier alpha value is -2.56. The standard InChI is InChI=1S/C16H17FN2O2/c1-11(18-19-14-7-5-13(17)6-8-14)12-4-9-15(20-2)16(10-12)21-3/h4-10,19H,1-3H3/b18-11-. The minimum Gasteiger partial charge on any atom is -0.493 e. The summed E-state index contributed by atoms with van der Waals surface area (Å²) in [5.74, 6) is 1.04. The van der Waals surface area contributed by atoms with Gasteiger partial charge in [0.15, 0.2) is 11.5 Å². The van der Waals surface area contributed by atoms with Crippen LogP contribution >= 0.6 is 0 Å². The van der Waals surface area contributed by atoms with Crippen LogP contribution in [0.5, 0.6) is 11.5 Å². The smallest absolute Gasteiger partial charge is 0.161 e. The Morgan fingerprint density at radius 3 is 2.29 bits per heavy atom. The molecule has 2 aromatic rings. The molecule has 0 aliphatic carbocycles. The first kappa shape index (κ1) is 14.8. The number of ether oxygens (including phenoxy) is 2. The van der Waals surface area contributed by atoms with Gasteiger partial charge in [0, 0.05) is 5.56 Å². The number of hydrogen-bond donors (Lipinski definition) is 1. The van der Waals surface area contributed by atoms with Crippen molar-refractivity contribution in [2.45, 2.75) is 6.92 Å². The molecule has 0 amide bonds. The van der Waals surface area contributed by atoms with E-state index in [0.717, 1.165) is 17.0 Å². The lowest BCUT2D eigenvalue weighted by atomic mass is 10.1. The molecule has 110 valence electrons. The van der Waals surface area contributed by atoms with E-state index >= 15 is 0 Å². The van der Waals surface area contributed by atoms with Gasteiger partial charge in [0.1, 0.15) is 5.82 Å². The van der Waals surface area contributed by atoms with E-state index in [1.165, 1.54) is 12.1 Å². The molecule has 0 unspecified atom stereocenters. The van der Waals surface area contributed by atoms with E-state index in [4.69, 9.17) is 9.47 Å². The molecule has 4 nitrogen and oxygen atoms in total. The van der Waals surface area contributed by atoms with Gasteiger partial charge in [0.05, 0.1) is 25.6 Å². The van der Waals surface area contributed by atoms with Crippen LogP contribution in [0.2, 0.25) is 0 Å². The van der Waals surface area contributed by atoms with Crippen LogP contribution in [0.25, 0.3) is 0 Å². The minimum absolute atomic E-state index is 0.277. The van der Waals surface area contributed by atoms with Crippen LogP contribution in [0.4, 0.5) is 10.1 Å². The average Bonchev–Trinajstić information content (AvgIpc) is 2.53. The molecule has 0 aliphatic heterocycles. The fourth-order valence-corrected chi connectivity index (χ4v) is 1.80. The average molecular weight is 288 g/mol. The third kappa shape index (κ3) is 3.72. The number of methoxy groups -OCH3 is 2. The second-order valence-corrected chi connectivity index (χ2v) is 4.39. The van der Waals surface area contributed by atoms with E-state index in [1.807, 2.05) is 25.1 Å². The third-order valence-electron chi connectivity index (χ3n) is 3.00. The highest BCUT2D eigenvalue weighted by Gasteiger charge is 2.06. The molecule has 2 rings (SSSR count). The lowest BCUT2D eigenvalue weighted by molar-refractivity contribution is 0.355. The molecule has 0 atom stereocenters. The van der Waals surface area contributed by atoms with Crippen LogP contribution < -0.4 is 14.9 Å². The Balaban J connectivity index is 2.17. The normalized spacial score (nSPS) is 11.1. The summed E-state index contributed by atoms with van der Waals surface area (Å²) in [6.07, 6.45) is 0. The maximum absolute atomic E-state index is 12.8. The molecule has 0 saturated carbocycles. The molecule has 0 bridgehead atoms. The molecule has 0 aromatic heterocycles. The molecule has 1 N–H and O–H groups in total. The Kier molecular flexibility index (Phi) is 4.77. The first-order valence-electron chi connectivity index (χ1n) is 6.42. The second kappa shape index (κ2) is 6.74. The third-order valence-corrected chi connectivity index (χ3v) is 3.00. The Labute approximate surface area is 123 Å². The monoisotopic (exact) mass is 288 g/mol. The van der Waals surface area contributed by atoms with Gasteiger partial charge in [-0.3, -0.25) is 5.43 Å². The molecule has 0 aliphatic rings. The van der Waals surface area contributed by atoms with E-state index in [0.29, 0.717) is 11.5 Å². The van der Waals surface area contributed by atoms with Crippen LogP contribution in [0, 0.1) is 5.82 Å². The molecular formula is C16H17FN2O2. The van der Waals surface area contributed by atoms with Gasteiger partial charge in [-0.2, -0.15) is 5.10 Å². The summed E-state index contributed by atoms with van der Waals surface area (Å²) in [7, 11) is 3.18. The summed E-state index contributed by atoms with van der Waals surface area (Å²) in [6, 6.07) is 11.6. The van der Waals surface area contributed by atoms with Gasteiger partial charge >= 0.3 is 0 Å². The van der Waals surface area contributed by atoms with E-state index in [-0.39, 0.29) is 5.82 Å². The summed E-state index contributed by atoms with van der Waals surface area (Å²) in [5, 5.41) is 4.27. The lowest BCUT2D eigenvalue weighted by Gasteiger charge is -2.09. The molecule has 2 aromatic carbocycles. The Morgan fingerprint density at radius 1 is 1.00 bits per heavy atom. The Bertz CT molecular complexity index is 639. The number of rotatable bonds is 5. The zero-order chi connectivity index (χ0) is 15.2. The summed E-state index contributed by atoms with van der Waals surface area (Å²) in [6.45, 7) is 1.87. The molecule has 0 spiro atoms. The van der Waals surface area contributed by atoms with Crippen molar-refractivity contribution in [3.63, 3.8) is 0 Å². The number of nitrogens with one attached hydrogen (secondary N) is 1. The molecule has 0 heterocycles. The fraction of sp³-hybridized carbons (Fsp3) is 0.188. The van der Waals surface area contributed by atoms with E-state index in [2.05, 4.69) is 10.5 Å². The predicted octanol–water partition coefficient (Wildman–Crippen LogP) is 3.68. The van der Waals surface area contributed by atoms with Gasteiger partial charge in [0.2, 0.25) is 0 Å². The number of hydrogen-bond acceptors (Lipinski definition) is 4. The van der Waals surface area contributed by atoms with E-state index < -0.39 is 0 Å². The van der Waals surface area contributed by atoms with Gasteiger partial charge in [-0.05, 0) is 49.4 Å². The van der Waals surface area contributed by atoms with Gasteiger partial charge in [0.25, 0.3) is 0 Å². The molecule has 5 heteroatoms. The van der Waals surface area contributed by atoms with Crippen LogP contribution in [0.3, 0.4) is 0 Å². The van der Waals surface area contributed by atoms with Crippen LogP contribution in [-0.4, -0.2) is 19.9 Å². The molecule has 0 radical (unpaired) electrons. The highest BCUT2D eigenvalue weighted by Crippen LogP contribution is 2.27. The maximum atomic E-state index is 12.8. The Morgan fingerprint density at radius 2 is 1.67 bits per heavy atom. The minimum atomic E-state index is -0.277. The van der Waals surface area contributed by atoms with Crippen molar-refractivity contribution < 1.29 is 13.9 Å². The first-order chi connectivity index (χ1) is 10.1. The highest BCUT2D eigenvalue weighted by molar-refractivity contribution is 5.99. The van der Waals surface area contributed by atoms with Crippen molar-refractivity contribution in [3.05, 3.63) is 53.8 Å². The predicted molar refractivity (Wildman–Crippen MR) is 81.8 cm³/mol. The van der Waals surface area contributed by atoms with Crippen molar-refractivity contribution >= 4 is 11.4 Å². The van der Waals surface area contributed by atoms with Gasteiger partial charge in [-0.1, -0.05) is 0 Å². The summed E-state index contributed by atoms with van der Waals surface area (Å²) in [5.41, 5.74) is 5.29. The second-order valence-electron chi connectivity index (χ2n) is 4.39. The quantitative estimate of drug-likeness (QED) is 0.674. The lowest BCUT2D eigenvalue weighted by Crippen LogP contribution is -2.01. The number of halogens is 1. The number of hydrazone groups is 1. The molecular weight excluding hydrogens is 271 g/mol. The zero-order valence-electron chi connectivity index (χ0n) is 12.2. The van der Waals surface area contributed by atoms with Crippen LogP contribution in [0.1, 0.15) is 12.5 Å². The SMILES string of the molecule is COc1ccc(/C(C)=N\Nc2ccc(F)cc2)cc1OC. The fourth-order valence-electron chi connectivity index (χ4n) is 1.80. The topological polar surface area (TPSA) is 42.8 Å². The van der Waals surface area contributed by atoms with Crippen LogP contribution in [-0.2, 0) is 0 Å². The number of nitrogens with zero attached hydrogens (tertiary/aromatic N) is 1. The van der Waals surface area contributed by atoms with Crippen molar-refractivity contribution in [1.82, 2.24) is 0 Å². The van der Waals surface area contributed by atoms with Crippen molar-refractivity contribution in [1.29, 1.82) is 0 Å². The van der Waals surface area contributed by atoms with Crippen molar-refractivity contribution in [2.75, 3.05) is 19.6 Å². The number of anilines is 1. The highest BCUT2D eigenvalue weighted by atomic mass is 19.1. The largest absolute Gasteiger partial charge is 0.493 e. The molecule has 0 saturated heterocycles. The van der Waals surface area contributed by atoms with Gasteiger partial charge < -0.3 is 9.47 Å². The van der Waals surface area contributed by atoms with Crippen LogP contribution in [0.15, 0.2) is 47.6 Å². The van der Waals surface area contributed by atoms with Crippen molar-refractivity contribution in [3.8, 4) is 11.5 Å². The summed E-state index contributed by atoms with van der Waals surface area (Å²) in [4.78, 5) is 0.